The molecular weight excluding hydrogens is 288 g/mol. The molecule has 1 aromatic rings. The van der Waals surface area contributed by atoms with Gasteiger partial charge in [0.2, 0.25) is 5.91 Å². The van der Waals surface area contributed by atoms with Gasteiger partial charge in [-0.25, -0.2) is 0 Å². The van der Waals surface area contributed by atoms with Crippen LogP contribution in [0.15, 0.2) is 24.3 Å². The Morgan fingerprint density at radius 1 is 1.43 bits per heavy atom. The van der Waals surface area contributed by atoms with Crippen LogP contribution in [0, 0.1) is 0 Å². The predicted octanol–water partition coefficient (Wildman–Crippen LogP) is 2.58. The summed E-state index contributed by atoms with van der Waals surface area (Å²) in [6.07, 6.45) is 0.00757. The van der Waals surface area contributed by atoms with Crippen LogP contribution in [0.4, 0.5) is 0 Å². The van der Waals surface area contributed by atoms with Crippen molar-refractivity contribution in [3.05, 3.63) is 34.9 Å². The van der Waals surface area contributed by atoms with Crippen LogP contribution in [0.3, 0.4) is 0 Å². The number of morpholine rings is 1. The van der Waals surface area contributed by atoms with Crippen molar-refractivity contribution in [2.24, 2.45) is 0 Å². The predicted molar refractivity (Wildman–Crippen MR) is 84.5 cm³/mol. The number of rotatable bonds is 4. The normalized spacial score (nSPS) is 19.8. The number of nitrogens with zero attached hydrogens (tertiary/aromatic N) is 2. The molecule has 1 unspecified atom stereocenters. The van der Waals surface area contributed by atoms with E-state index < -0.39 is 0 Å². The van der Waals surface area contributed by atoms with Gasteiger partial charge in [-0.2, -0.15) is 0 Å². The van der Waals surface area contributed by atoms with Gasteiger partial charge in [-0.05, 0) is 31.5 Å². The average Bonchev–Trinajstić information content (AvgIpc) is 2.47. The van der Waals surface area contributed by atoms with Crippen molar-refractivity contribution in [3.63, 3.8) is 0 Å². The zero-order valence-electron chi connectivity index (χ0n) is 12.9. The molecule has 0 saturated carbocycles. The van der Waals surface area contributed by atoms with E-state index in [0.29, 0.717) is 13.2 Å². The quantitative estimate of drug-likeness (QED) is 0.857. The maximum Gasteiger partial charge on any atom is 0.236 e. The number of hydrogen-bond acceptors (Lipinski definition) is 3. The van der Waals surface area contributed by atoms with Crippen LogP contribution in [0.5, 0.6) is 0 Å². The summed E-state index contributed by atoms with van der Waals surface area (Å²) >= 11 is 5.91. The Labute approximate surface area is 131 Å². The van der Waals surface area contributed by atoms with E-state index in [4.69, 9.17) is 16.3 Å². The maximum absolute atomic E-state index is 12.2. The number of ether oxygens (including phenoxy) is 1. The number of likely N-dealkylation sites (N-methyl/N-ethyl adjacent to an activating group) is 1. The molecule has 0 aromatic heterocycles. The Bertz CT molecular complexity index is 476. The van der Waals surface area contributed by atoms with Crippen molar-refractivity contribution in [2.75, 3.05) is 33.3 Å². The Kier molecular flexibility index (Phi) is 5.62. The van der Waals surface area contributed by atoms with E-state index in [2.05, 4.69) is 4.90 Å². The SMILES string of the molecule is CC(C)N(C)C(=O)CN1CCOC(c2ccc(Cl)cc2)C1. The molecule has 0 bridgehead atoms. The van der Waals surface area contributed by atoms with Crippen LogP contribution in [0.1, 0.15) is 25.5 Å². The van der Waals surface area contributed by atoms with E-state index in [1.54, 1.807) is 4.90 Å². The molecule has 0 radical (unpaired) electrons. The summed E-state index contributed by atoms with van der Waals surface area (Å²) in [7, 11) is 1.85. The lowest BCUT2D eigenvalue weighted by Crippen LogP contribution is -2.46. The monoisotopic (exact) mass is 310 g/mol. The molecule has 1 aromatic carbocycles. The summed E-state index contributed by atoms with van der Waals surface area (Å²) < 4.78 is 5.81. The molecule has 2 rings (SSSR count). The molecule has 0 spiro atoms. The van der Waals surface area contributed by atoms with E-state index in [1.807, 2.05) is 45.2 Å². The molecule has 1 aliphatic rings. The van der Waals surface area contributed by atoms with Crippen LogP contribution >= 0.6 is 11.6 Å². The van der Waals surface area contributed by atoms with E-state index >= 15 is 0 Å². The van der Waals surface area contributed by atoms with Crippen LogP contribution in [0.25, 0.3) is 0 Å². The molecule has 21 heavy (non-hydrogen) atoms. The van der Waals surface area contributed by atoms with Crippen LogP contribution in [0.2, 0.25) is 5.02 Å². The molecule has 0 aliphatic carbocycles. The van der Waals surface area contributed by atoms with Crippen molar-refractivity contribution in [1.82, 2.24) is 9.80 Å². The van der Waals surface area contributed by atoms with Gasteiger partial charge in [0, 0.05) is 31.2 Å². The Morgan fingerprint density at radius 3 is 2.71 bits per heavy atom. The number of halogens is 1. The highest BCUT2D eigenvalue weighted by atomic mass is 35.5. The zero-order valence-corrected chi connectivity index (χ0v) is 13.6. The average molecular weight is 311 g/mol. The van der Waals surface area contributed by atoms with Gasteiger partial charge in [0.1, 0.15) is 0 Å². The third-order valence-corrected chi connectivity index (χ3v) is 4.17. The summed E-state index contributed by atoms with van der Waals surface area (Å²) in [5.74, 6) is 0.154. The van der Waals surface area contributed by atoms with Gasteiger partial charge < -0.3 is 9.64 Å². The summed E-state index contributed by atoms with van der Waals surface area (Å²) in [6, 6.07) is 7.94. The molecule has 1 amide bonds. The fourth-order valence-corrected chi connectivity index (χ4v) is 2.44. The molecule has 1 saturated heterocycles. The molecule has 1 atom stereocenters. The minimum Gasteiger partial charge on any atom is -0.371 e. The van der Waals surface area contributed by atoms with Gasteiger partial charge in [-0.1, -0.05) is 23.7 Å². The molecule has 116 valence electrons. The van der Waals surface area contributed by atoms with E-state index in [-0.39, 0.29) is 18.1 Å². The van der Waals surface area contributed by atoms with E-state index in [0.717, 1.165) is 23.7 Å². The van der Waals surface area contributed by atoms with Crippen molar-refractivity contribution in [3.8, 4) is 0 Å². The van der Waals surface area contributed by atoms with Crippen LogP contribution in [-0.2, 0) is 9.53 Å². The Hall–Kier alpha value is -1.10. The van der Waals surface area contributed by atoms with Gasteiger partial charge in [0.25, 0.3) is 0 Å². The number of carbonyl (C=O) groups excluding carboxylic acids is 1. The van der Waals surface area contributed by atoms with Crippen LogP contribution in [-0.4, -0.2) is 55.0 Å². The van der Waals surface area contributed by atoms with Gasteiger partial charge in [0.05, 0.1) is 19.3 Å². The highest BCUT2D eigenvalue weighted by Crippen LogP contribution is 2.23. The smallest absolute Gasteiger partial charge is 0.236 e. The number of amides is 1. The Morgan fingerprint density at radius 2 is 2.10 bits per heavy atom. The topological polar surface area (TPSA) is 32.8 Å². The van der Waals surface area contributed by atoms with Crippen molar-refractivity contribution < 1.29 is 9.53 Å². The van der Waals surface area contributed by atoms with Crippen LogP contribution < -0.4 is 0 Å². The Balaban J connectivity index is 1.94. The lowest BCUT2D eigenvalue weighted by atomic mass is 10.1. The van der Waals surface area contributed by atoms with E-state index in [1.165, 1.54) is 0 Å². The third kappa shape index (κ3) is 4.43. The first-order valence-electron chi connectivity index (χ1n) is 7.32. The second-order valence-corrected chi connectivity index (χ2v) is 6.18. The highest BCUT2D eigenvalue weighted by Gasteiger charge is 2.24. The molecule has 1 fully saturated rings. The molecule has 1 aliphatic heterocycles. The third-order valence-electron chi connectivity index (χ3n) is 3.92. The standard InChI is InChI=1S/C16H23ClN2O2/c1-12(2)18(3)16(20)11-19-8-9-21-15(10-19)13-4-6-14(17)7-5-13/h4-7,12,15H,8-11H2,1-3H3. The molecule has 1 heterocycles. The summed E-state index contributed by atoms with van der Waals surface area (Å²) in [5, 5.41) is 0.722. The van der Waals surface area contributed by atoms with Crippen molar-refractivity contribution in [2.45, 2.75) is 26.0 Å². The van der Waals surface area contributed by atoms with Gasteiger partial charge in [-0.3, -0.25) is 9.69 Å². The molecule has 0 N–H and O–H groups in total. The number of hydrogen-bond donors (Lipinski definition) is 0. The summed E-state index contributed by atoms with van der Waals surface area (Å²) in [4.78, 5) is 16.1. The molecule has 5 heteroatoms. The number of carbonyl (C=O) groups is 1. The zero-order chi connectivity index (χ0) is 15.4. The summed E-state index contributed by atoms with van der Waals surface area (Å²) in [6.45, 7) is 6.66. The fraction of sp³-hybridized carbons (Fsp3) is 0.562. The first kappa shape index (κ1) is 16.3. The van der Waals surface area contributed by atoms with Gasteiger partial charge in [0.15, 0.2) is 0 Å². The van der Waals surface area contributed by atoms with Gasteiger partial charge >= 0.3 is 0 Å². The number of benzene rings is 1. The fourth-order valence-electron chi connectivity index (χ4n) is 2.32. The minimum absolute atomic E-state index is 0.00757. The largest absolute Gasteiger partial charge is 0.371 e. The molecule has 4 nitrogen and oxygen atoms in total. The molecular formula is C16H23ClN2O2. The second-order valence-electron chi connectivity index (χ2n) is 5.74. The first-order valence-corrected chi connectivity index (χ1v) is 7.70. The van der Waals surface area contributed by atoms with Gasteiger partial charge in [-0.15, -0.1) is 0 Å². The lowest BCUT2D eigenvalue weighted by molar-refractivity contribution is -0.134. The highest BCUT2D eigenvalue weighted by molar-refractivity contribution is 6.30. The second kappa shape index (κ2) is 7.25. The first-order chi connectivity index (χ1) is 9.97. The lowest BCUT2D eigenvalue weighted by Gasteiger charge is -2.34. The van der Waals surface area contributed by atoms with Crippen molar-refractivity contribution >= 4 is 17.5 Å². The van der Waals surface area contributed by atoms with E-state index in [9.17, 15) is 4.79 Å². The summed E-state index contributed by atoms with van der Waals surface area (Å²) in [5.41, 5.74) is 1.11. The van der Waals surface area contributed by atoms with Crippen molar-refractivity contribution in [1.29, 1.82) is 0 Å². The maximum atomic E-state index is 12.2. The minimum atomic E-state index is 0.00757.